The highest BCUT2D eigenvalue weighted by Gasteiger charge is 2.38. The summed E-state index contributed by atoms with van der Waals surface area (Å²) in [7, 11) is 3.46. The fourth-order valence-electron chi connectivity index (χ4n) is 8.69. The molecule has 264 valence electrons. The lowest BCUT2D eigenvalue weighted by Gasteiger charge is -2.42. The highest BCUT2D eigenvalue weighted by atomic mass is 19.1. The average molecular weight is 677 g/mol. The molecule has 0 aromatic heterocycles. The van der Waals surface area contributed by atoms with Crippen LogP contribution in [0.4, 0.5) is 4.39 Å². The van der Waals surface area contributed by atoms with Gasteiger partial charge in [-0.15, -0.1) is 0 Å². The zero-order valence-electron chi connectivity index (χ0n) is 29.8. The van der Waals surface area contributed by atoms with Gasteiger partial charge in [-0.05, 0) is 116 Å². The van der Waals surface area contributed by atoms with Gasteiger partial charge in [0.2, 0.25) is 5.91 Å². The standard InChI is InChI=1S/C44H53FN2O3/c1-49-40-31-35-25-30-47(43(34-13-9-10-14-34)39(35)32-41(40)50-2)29-12-27-44(36-15-5-3-6-16-36,37-17-7-4-8-18-37)26-11-28-46-42(48)24-21-33-19-22-38(45)23-20-33/h3-8,15-20,22-23,31-32,34,43H,9-14,21,24-30H2,1-2H3,(H,46,48). The van der Waals surface area contributed by atoms with Crippen LogP contribution in [0, 0.1) is 11.7 Å². The number of nitrogens with zero attached hydrogens (tertiary/aromatic N) is 1. The quantitative estimate of drug-likeness (QED) is 0.120. The maximum Gasteiger partial charge on any atom is 0.220 e. The van der Waals surface area contributed by atoms with Crippen molar-refractivity contribution in [3.63, 3.8) is 0 Å². The number of aryl methyl sites for hydroxylation is 1. The van der Waals surface area contributed by atoms with Crippen molar-refractivity contribution >= 4 is 5.91 Å². The minimum absolute atomic E-state index is 0.0388. The van der Waals surface area contributed by atoms with Gasteiger partial charge in [-0.25, -0.2) is 4.39 Å². The van der Waals surface area contributed by atoms with Crippen molar-refractivity contribution in [2.24, 2.45) is 5.92 Å². The van der Waals surface area contributed by atoms with E-state index in [0.717, 1.165) is 62.3 Å². The number of benzene rings is 4. The summed E-state index contributed by atoms with van der Waals surface area (Å²) in [6.07, 6.45) is 11.1. The van der Waals surface area contributed by atoms with E-state index in [2.05, 4.69) is 83.0 Å². The molecule has 1 atom stereocenters. The molecule has 0 spiro atoms. The van der Waals surface area contributed by atoms with Crippen LogP contribution < -0.4 is 14.8 Å². The number of rotatable bonds is 16. The number of carbonyl (C=O) groups is 1. The second kappa shape index (κ2) is 17.2. The van der Waals surface area contributed by atoms with Crippen LogP contribution in [-0.2, 0) is 23.1 Å². The Hall–Kier alpha value is -4.16. The minimum atomic E-state index is -0.255. The first kappa shape index (κ1) is 35.7. The zero-order chi connectivity index (χ0) is 34.8. The summed E-state index contributed by atoms with van der Waals surface area (Å²) in [5.41, 5.74) is 6.30. The first-order valence-electron chi connectivity index (χ1n) is 18.6. The predicted molar refractivity (Wildman–Crippen MR) is 199 cm³/mol. The van der Waals surface area contributed by atoms with Gasteiger partial charge >= 0.3 is 0 Å². The van der Waals surface area contributed by atoms with E-state index >= 15 is 0 Å². The molecular weight excluding hydrogens is 623 g/mol. The Bertz CT molecular complexity index is 1610. The third kappa shape index (κ3) is 8.40. The molecule has 4 aromatic rings. The Labute approximate surface area is 298 Å². The third-order valence-electron chi connectivity index (χ3n) is 11.2. The van der Waals surface area contributed by atoms with E-state index in [1.54, 1.807) is 26.4 Å². The normalized spacial score (nSPS) is 16.6. The summed E-state index contributed by atoms with van der Waals surface area (Å²) >= 11 is 0. The summed E-state index contributed by atoms with van der Waals surface area (Å²) in [5, 5.41) is 3.17. The highest BCUT2D eigenvalue weighted by molar-refractivity contribution is 5.76. The van der Waals surface area contributed by atoms with E-state index in [0.29, 0.717) is 31.3 Å². The molecule has 0 saturated heterocycles. The molecule has 1 saturated carbocycles. The number of nitrogens with one attached hydrogen (secondary N) is 1. The van der Waals surface area contributed by atoms with Crippen LogP contribution in [0.15, 0.2) is 97.1 Å². The molecule has 1 aliphatic carbocycles. The molecule has 2 aliphatic rings. The Kier molecular flexibility index (Phi) is 12.2. The van der Waals surface area contributed by atoms with Gasteiger partial charge in [0.25, 0.3) is 0 Å². The lowest BCUT2D eigenvalue weighted by molar-refractivity contribution is -0.121. The number of hydrogen-bond donors (Lipinski definition) is 1. The van der Waals surface area contributed by atoms with Crippen molar-refractivity contribution in [1.82, 2.24) is 10.2 Å². The molecular formula is C44H53FN2O3. The van der Waals surface area contributed by atoms with Gasteiger partial charge in [0.05, 0.1) is 14.2 Å². The maximum absolute atomic E-state index is 13.3. The maximum atomic E-state index is 13.3. The monoisotopic (exact) mass is 676 g/mol. The molecule has 6 rings (SSSR count). The number of hydrogen-bond acceptors (Lipinski definition) is 4. The van der Waals surface area contributed by atoms with Gasteiger partial charge in [-0.3, -0.25) is 9.69 Å². The van der Waals surface area contributed by atoms with Crippen molar-refractivity contribution in [3.8, 4) is 11.5 Å². The van der Waals surface area contributed by atoms with E-state index in [1.807, 2.05) is 0 Å². The SMILES string of the molecule is COc1cc2c(cc1OC)C(C1CCCC1)N(CCCC(CCCNC(=O)CCc1ccc(F)cc1)(c1ccccc1)c1ccccc1)CC2. The number of halogens is 1. The minimum Gasteiger partial charge on any atom is -0.493 e. The molecule has 1 heterocycles. The molecule has 1 unspecified atom stereocenters. The summed E-state index contributed by atoms with van der Waals surface area (Å²) in [6.45, 7) is 2.72. The highest BCUT2D eigenvalue weighted by Crippen LogP contribution is 2.47. The van der Waals surface area contributed by atoms with Crippen LogP contribution >= 0.6 is 0 Å². The van der Waals surface area contributed by atoms with Crippen LogP contribution in [0.5, 0.6) is 11.5 Å². The molecule has 1 aliphatic heterocycles. The van der Waals surface area contributed by atoms with Crippen LogP contribution in [0.2, 0.25) is 0 Å². The second-order valence-corrected chi connectivity index (χ2v) is 14.2. The Morgan fingerprint density at radius 3 is 2.10 bits per heavy atom. The molecule has 1 fully saturated rings. The van der Waals surface area contributed by atoms with Gasteiger partial charge in [-0.2, -0.15) is 0 Å². The molecule has 50 heavy (non-hydrogen) atoms. The third-order valence-corrected chi connectivity index (χ3v) is 11.2. The summed E-state index contributed by atoms with van der Waals surface area (Å²) in [4.78, 5) is 15.6. The van der Waals surface area contributed by atoms with Crippen LogP contribution in [0.1, 0.15) is 91.6 Å². The number of amides is 1. The first-order valence-corrected chi connectivity index (χ1v) is 18.6. The molecule has 1 amide bonds. The molecule has 5 nitrogen and oxygen atoms in total. The van der Waals surface area contributed by atoms with Crippen molar-refractivity contribution in [2.75, 3.05) is 33.9 Å². The van der Waals surface area contributed by atoms with Crippen LogP contribution in [-0.4, -0.2) is 44.7 Å². The molecule has 0 radical (unpaired) electrons. The van der Waals surface area contributed by atoms with Gasteiger partial charge < -0.3 is 14.8 Å². The van der Waals surface area contributed by atoms with Gasteiger partial charge in [0, 0.05) is 31.0 Å². The van der Waals surface area contributed by atoms with Crippen LogP contribution in [0.25, 0.3) is 0 Å². The number of ether oxygens (including phenoxy) is 2. The van der Waals surface area contributed by atoms with E-state index < -0.39 is 0 Å². The Balaban J connectivity index is 1.18. The first-order chi connectivity index (χ1) is 24.5. The van der Waals surface area contributed by atoms with E-state index in [1.165, 1.54) is 60.1 Å². The lowest BCUT2D eigenvalue weighted by Crippen LogP contribution is -2.40. The van der Waals surface area contributed by atoms with E-state index in [-0.39, 0.29) is 17.1 Å². The van der Waals surface area contributed by atoms with Crippen molar-refractivity contribution in [1.29, 1.82) is 0 Å². The number of carbonyl (C=O) groups excluding carboxylic acids is 1. The molecule has 6 heteroatoms. The van der Waals surface area contributed by atoms with Crippen molar-refractivity contribution in [2.45, 2.75) is 82.1 Å². The Morgan fingerprint density at radius 2 is 1.46 bits per heavy atom. The van der Waals surface area contributed by atoms with Crippen LogP contribution in [0.3, 0.4) is 0 Å². The topological polar surface area (TPSA) is 50.8 Å². The summed E-state index contributed by atoms with van der Waals surface area (Å²) in [6, 6.07) is 33.2. The fraction of sp³-hybridized carbons (Fsp3) is 0.432. The molecule has 1 N–H and O–H groups in total. The lowest BCUT2D eigenvalue weighted by atomic mass is 9.68. The van der Waals surface area contributed by atoms with E-state index in [9.17, 15) is 9.18 Å². The molecule has 4 aromatic carbocycles. The van der Waals surface area contributed by atoms with Gasteiger partial charge in [0.15, 0.2) is 11.5 Å². The second-order valence-electron chi connectivity index (χ2n) is 14.2. The summed E-state index contributed by atoms with van der Waals surface area (Å²) < 4.78 is 24.8. The number of methoxy groups -OCH3 is 2. The zero-order valence-corrected chi connectivity index (χ0v) is 29.8. The molecule has 0 bridgehead atoms. The van der Waals surface area contributed by atoms with Crippen molar-refractivity contribution < 1.29 is 18.7 Å². The number of fused-ring (bicyclic) bond motifs is 1. The van der Waals surface area contributed by atoms with Crippen molar-refractivity contribution in [3.05, 3.63) is 131 Å². The van der Waals surface area contributed by atoms with Gasteiger partial charge in [-0.1, -0.05) is 85.6 Å². The average Bonchev–Trinajstić information content (AvgIpc) is 3.70. The smallest absolute Gasteiger partial charge is 0.220 e. The fourth-order valence-corrected chi connectivity index (χ4v) is 8.69. The van der Waals surface area contributed by atoms with E-state index in [4.69, 9.17) is 9.47 Å². The summed E-state index contributed by atoms with van der Waals surface area (Å²) in [5.74, 6) is 2.09. The Morgan fingerprint density at radius 1 is 0.840 bits per heavy atom. The largest absolute Gasteiger partial charge is 0.493 e. The predicted octanol–water partition coefficient (Wildman–Crippen LogP) is 9.23. The van der Waals surface area contributed by atoms with Gasteiger partial charge in [0.1, 0.15) is 5.82 Å².